The Hall–Kier alpha value is -2.69. The predicted octanol–water partition coefficient (Wildman–Crippen LogP) is -0.367. The van der Waals surface area contributed by atoms with E-state index in [0.717, 1.165) is 34.6 Å². The summed E-state index contributed by atoms with van der Waals surface area (Å²) < 4.78 is 30.8. The van der Waals surface area contributed by atoms with Gasteiger partial charge in [-0.15, -0.1) is 0 Å². The minimum absolute atomic E-state index is 0.393. The number of carbonyl (C=O) groups excluding carboxylic acids is 5. The molecular weight excluding hydrogens is 368 g/mol. The molecule has 0 bridgehead atoms. The van der Waals surface area contributed by atoms with Gasteiger partial charge in [0.15, 0.2) is 12.2 Å². The second kappa shape index (κ2) is 9.86. The molecule has 152 valence electrons. The van der Waals surface area contributed by atoms with E-state index in [1.54, 1.807) is 0 Å². The first kappa shape index (κ1) is 22.4. The fourth-order valence-corrected chi connectivity index (χ4v) is 2.45. The number of carbonyl (C=O) groups is 5. The topological polar surface area (TPSA) is 141 Å². The standard InChI is InChI=1S/C16H22O11/c1-7(17)22-6-12-13(23-8(2)18)14(24-9(3)19)15(25-10(4)20)16(27-12)26-11(5)21/h12-16H,6H2,1-5H3/t12-,13+,14-,15-,16+/m0/s1. The van der Waals surface area contributed by atoms with Gasteiger partial charge in [0.1, 0.15) is 12.7 Å². The lowest BCUT2D eigenvalue weighted by molar-refractivity contribution is -0.300. The third-order valence-corrected chi connectivity index (χ3v) is 3.23. The van der Waals surface area contributed by atoms with E-state index in [0.29, 0.717) is 0 Å². The molecule has 0 unspecified atom stereocenters. The largest absolute Gasteiger partial charge is 0.463 e. The summed E-state index contributed by atoms with van der Waals surface area (Å²) in [7, 11) is 0. The van der Waals surface area contributed by atoms with Crippen LogP contribution in [-0.4, -0.2) is 67.2 Å². The van der Waals surface area contributed by atoms with Crippen molar-refractivity contribution >= 4 is 29.8 Å². The normalized spacial score (nSPS) is 27.1. The predicted molar refractivity (Wildman–Crippen MR) is 83.7 cm³/mol. The van der Waals surface area contributed by atoms with E-state index in [4.69, 9.17) is 28.4 Å². The van der Waals surface area contributed by atoms with E-state index in [2.05, 4.69) is 0 Å². The minimum atomic E-state index is -1.48. The van der Waals surface area contributed by atoms with Crippen LogP contribution in [0.15, 0.2) is 0 Å². The van der Waals surface area contributed by atoms with Crippen molar-refractivity contribution in [3.05, 3.63) is 0 Å². The Labute approximate surface area is 155 Å². The lowest BCUT2D eigenvalue weighted by Crippen LogP contribution is -2.63. The van der Waals surface area contributed by atoms with E-state index in [9.17, 15) is 24.0 Å². The molecule has 0 aromatic carbocycles. The summed E-state index contributed by atoms with van der Waals surface area (Å²) in [6.07, 6.45) is -6.70. The summed E-state index contributed by atoms with van der Waals surface area (Å²) in [4.78, 5) is 57.0. The molecule has 1 fully saturated rings. The van der Waals surface area contributed by atoms with Crippen LogP contribution in [0.25, 0.3) is 0 Å². The molecule has 27 heavy (non-hydrogen) atoms. The van der Waals surface area contributed by atoms with E-state index >= 15 is 0 Å². The summed E-state index contributed by atoms with van der Waals surface area (Å²) in [6, 6.07) is 0. The summed E-state index contributed by atoms with van der Waals surface area (Å²) >= 11 is 0. The van der Waals surface area contributed by atoms with Crippen LogP contribution >= 0.6 is 0 Å². The van der Waals surface area contributed by atoms with Crippen molar-refractivity contribution in [1.29, 1.82) is 0 Å². The third-order valence-electron chi connectivity index (χ3n) is 3.23. The van der Waals surface area contributed by atoms with E-state index in [1.165, 1.54) is 0 Å². The van der Waals surface area contributed by atoms with Gasteiger partial charge in [-0.3, -0.25) is 24.0 Å². The average Bonchev–Trinajstić information content (AvgIpc) is 2.49. The molecule has 0 aromatic rings. The van der Waals surface area contributed by atoms with Crippen LogP contribution in [0.2, 0.25) is 0 Å². The van der Waals surface area contributed by atoms with Crippen LogP contribution in [-0.2, 0) is 52.4 Å². The highest BCUT2D eigenvalue weighted by Gasteiger charge is 2.53. The molecule has 1 heterocycles. The van der Waals surface area contributed by atoms with Crippen molar-refractivity contribution in [2.45, 2.75) is 65.3 Å². The van der Waals surface area contributed by atoms with Gasteiger partial charge in [0.25, 0.3) is 0 Å². The zero-order chi connectivity index (χ0) is 20.7. The van der Waals surface area contributed by atoms with Crippen molar-refractivity contribution in [2.24, 2.45) is 0 Å². The highest BCUT2D eigenvalue weighted by molar-refractivity contribution is 5.69. The van der Waals surface area contributed by atoms with Crippen LogP contribution in [0.1, 0.15) is 34.6 Å². The van der Waals surface area contributed by atoms with Crippen LogP contribution < -0.4 is 0 Å². The second-order valence-corrected chi connectivity index (χ2v) is 5.68. The smallest absolute Gasteiger partial charge is 0.305 e. The van der Waals surface area contributed by atoms with Gasteiger partial charge in [-0.05, 0) is 0 Å². The fourth-order valence-electron chi connectivity index (χ4n) is 2.45. The van der Waals surface area contributed by atoms with Crippen LogP contribution in [0.5, 0.6) is 0 Å². The molecule has 1 aliphatic rings. The molecule has 0 spiro atoms. The van der Waals surface area contributed by atoms with Gasteiger partial charge in [0.05, 0.1) is 0 Å². The molecular formula is C16H22O11. The molecule has 0 radical (unpaired) electrons. The quantitative estimate of drug-likeness (QED) is 0.433. The number of hydrogen-bond donors (Lipinski definition) is 0. The Bertz CT molecular complexity index is 599. The fraction of sp³-hybridized carbons (Fsp3) is 0.688. The van der Waals surface area contributed by atoms with Gasteiger partial charge in [0, 0.05) is 34.6 Å². The Kier molecular flexibility index (Phi) is 8.16. The van der Waals surface area contributed by atoms with Gasteiger partial charge in [-0.1, -0.05) is 0 Å². The monoisotopic (exact) mass is 390 g/mol. The average molecular weight is 390 g/mol. The Balaban J connectivity index is 3.29. The van der Waals surface area contributed by atoms with Crippen LogP contribution in [0.4, 0.5) is 0 Å². The van der Waals surface area contributed by atoms with Crippen LogP contribution in [0.3, 0.4) is 0 Å². The Morgan fingerprint density at radius 1 is 0.630 bits per heavy atom. The maximum atomic E-state index is 11.5. The van der Waals surface area contributed by atoms with Crippen molar-refractivity contribution in [1.82, 2.24) is 0 Å². The van der Waals surface area contributed by atoms with Crippen molar-refractivity contribution < 1.29 is 52.4 Å². The van der Waals surface area contributed by atoms with E-state index in [1.807, 2.05) is 0 Å². The van der Waals surface area contributed by atoms with Gasteiger partial charge in [0.2, 0.25) is 12.4 Å². The number of ether oxygens (including phenoxy) is 6. The first-order valence-corrected chi connectivity index (χ1v) is 7.99. The molecule has 11 nitrogen and oxygen atoms in total. The van der Waals surface area contributed by atoms with Gasteiger partial charge >= 0.3 is 29.8 Å². The zero-order valence-electron chi connectivity index (χ0n) is 15.6. The third kappa shape index (κ3) is 7.21. The molecule has 1 rings (SSSR count). The molecule has 1 saturated heterocycles. The van der Waals surface area contributed by atoms with Crippen molar-refractivity contribution in [3.63, 3.8) is 0 Å². The number of rotatable bonds is 6. The maximum Gasteiger partial charge on any atom is 0.305 e. The highest BCUT2D eigenvalue weighted by atomic mass is 16.7. The summed E-state index contributed by atoms with van der Waals surface area (Å²) in [5, 5.41) is 0. The highest BCUT2D eigenvalue weighted by Crippen LogP contribution is 2.29. The van der Waals surface area contributed by atoms with E-state index < -0.39 is 67.2 Å². The Morgan fingerprint density at radius 3 is 1.52 bits per heavy atom. The SMILES string of the molecule is CC(=O)OC[C@@H]1O[C@@H](OC(C)=O)[C@@H](OC(C)=O)[C@@H](OC(C)=O)[C@@H]1OC(C)=O. The lowest BCUT2D eigenvalue weighted by Gasteiger charge is -2.43. The minimum Gasteiger partial charge on any atom is -0.463 e. The maximum absolute atomic E-state index is 11.5. The van der Waals surface area contributed by atoms with E-state index in [-0.39, 0.29) is 0 Å². The summed E-state index contributed by atoms with van der Waals surface area (Å²) in [5.41, 5.74) is 0. The lowest BCUT2D eigenvalue weighted by atomic mass is 9.98. The molecule has 0 saturated carbocycles. The molecule has 5 atom stereocenters. The van der Waals surface area contributed by atoms with Gasteiger partial charge < -0.3 is 28.4 Å². The van der Waals surface area contributed by atoms with Crippen LogP contribution in [0, 0.1) is 0 Å². The van der Waals surface area contributed by atoms with Crippen molar-refractivity contribution in [2.75, 3.05) is 6.61 Å². The van der Waals surface area contributed by atoms with Gasteiger partial charge in [-0.2, -0.15) is 0 Å². The number of esters is 5. The molecule has 11 heteroatoms. The van der Waals surface area contributed by atoms with Crippen molar-refractivity contribution in [3.8, 4) is 0 Å². The first-order valence-electron chi connectivity index (χ1n) is 7.99. The molecule has 0 N–H and O–H groups in total. The molecule has 1 aliphatic heterocycles. The zero-order valence-corrected chi connectivity index (χ0v) is 15.6. The second-order valence-electron chi connectivity index (χ2n) is 5.68. The molecule has 0 aliphatic carbocycles. The van der Waals surface area contributed by atoms with Gasteiger partial charge in [-0.25, -0.2) is 0 Å². The Morgan fingerprint density at radius 2 is 1.07 bits per heavy atom. The summed E-state index contributed by atoms with van der Waals surface area (Å²) in [6.45, 7) is 5.13. The summed E-state index contributed by atoms with van der Waals surface area (Å²) in [5.74, 6) is -3.71. The first-order chi connectivity index (χ1) is 12.5. The molecule has 0 aromatic heterocycles. The molecule has 0 amide bonds. The number of hydrogen-bond acceptors (Lipinski definition) is 11.